The molecule has 0 bridgehead atoms. The first-order valence-corrected chi connectivity index (χ1v) is 7.41. The van der Waals surface area contributed by atoms with Crippen molar-refractivity contribution in [2.24, 2.45) is 0 Å². The third-order valence-corrected chi connectivity index (χ3v) is 3.95. The summed E-state index contributed by atoms with van der Waals surface area (Å²) in [5.74, 6) is 1.11. The van der Waals surface area contributed by atoms with Crippen LogP contribution in [0.3, 0.4) is 0 Å². The average molecular weight is 251 g/mol. The van der Waals surface area contributed by atoms with Gasteiger partial charge < -0.3 is 5.32 Å². The Bertz CT molecular complexity index is 341. The zero-order valence-corrected chi connectivity index (χ0v) is 11.5. The Morgan fingerprint density at radius 3 is 2.71 bits per heavy atom. The molecule has 17 heavy (non-hydrogen) atoms. The first-order valence-electron chi connectivity index (χ1n) is 6.42. The van der Waals surface area contributed by atoms with E-state index >= 15 is 0 Å². The molecule has 94 valence electrons. The second-order valence-corrected chi connectivity index (χ2v) is 5.78. The van der Waals surface area contributed by atoms with E-state index in [1.165, 1.54) is 32.2 Å². The van der Waals surface area contributed by atoms with E-state index < -0.39 is 0 Å². The maximum Gasteiger partial charge on any atom is 0.187 e. The van der Waals surface area contributed by atoms with Crippen molar-refractivity contribution in [1.29, 1.82) is 0 Å². The van der Waals surface area contributed by atoms with Gasteiger partial charge in [0.25, 0.3) is 0 Å². The Kier molecular flexibility index (Phi) is 4.80. The highest BCUT2D eigenvalue weighted by Gasteiger charge is 2.12. The fourth-order valence-electron chi connectivity index (χ4n) is 2.22. The van der Waals surface area contributed by atoms with Gasteiger partial charge in [-0.25, -0.2) is 9.97 Å². The van der Waals surface area contributed by atoms with Crippen LogP contribution in [0.5, 0.6) is 0 Å². The zero-order chi connectivity index (χ0) is 12.1. The Hall–Kier alpha value is -0.610. The van der Waals surface area contributed by atoms with Crippen LogP contribution >= 0.6 is 11.8 Å². The van der Waals surface area contributed by atoms with Gasteiger partial charge in [-0.2, -0.15) is 0 Å². The molecule has 1 fully saturated rings. The highest BCUT2D eigenvalue weighted by Crippen LogP contribution is 2.18. The molecule has 0 saturated carbocycles. The van der Waals surface area contributed by atoms with Crippen molar-refractivity contribution < 1.29 is 0 Å². The fourth-order valence-corrected chi connectivity index (χ4v) is 3.22. The van der Waals surface area contributed by atoms with Crippen molar-refractivity contribution in [2.75, 3.05) is 12.3 Å². The Morgan fingerprint density at radius 1 is 1.29 bits per heavy atom. The molecule has 2 heterocycles. The van der Waals surface area contributed by atoms with E-state index in [0.29, 0.717) is 6.04 Å². The van der Waals surface area contributed by atoms with E-state index in [0.717, 1.165) is 22.3 Å². The largest absolute Gasteiger partial charge is 0.314 e. The van der Waals surface area contributed by atoms with Crippen LogP contribution in [0.4, 0.5) is 0 Å². The molecule has 4 heteroatoms. The Balaban J connectivity index is 1.77. The van der Waals surface area contributed by atoms with Gasteiger partial charge in [0.05, 0.1) is 0 Å². The van der Waals surface area contributed by atoms with Crippen LogP contribution in [0.1, 0.15) is 37.1 Å². The minimum absolute atomic E-state index is 0.710. The van der Waals surface area contributed by atoms with Crippen molar-refractivity contribution >= 4 is 11.8 Å². The number of thioether (sulfide) groups is 1. The fraction of sp³-hybridized carbons (Fsp3) is 0.692. The molecular weight excluding hydrogens is 230 g/mol. The maximum atomic E-state index is 4.45. The van der Waals surface area contributed by atoms with Gasteiger partial charge in [0.1, 0.15) is 0 Å². The number of nitrogens with zero attached hydrogens (tertiary/aromatic N) is 2. The first kappa shape index (κ1) is 12.8. The van der Waals surface area contributed by atoms with Crippen LogP contribution in [0.15, 0.2) is 11.2 Å². The summed E-state index contributed by atoms with van der Waals surface area (Å²) < 4.78 is 0. The summed E-state index contributed by atoms with van der Waals surface area (Å²) in [4.78, 5) is 8.90. The minimum Gasteiger partial charge on any atom is -0.314 e. The van der Waals surface area contributed by atoms with Gasteiger partial charge in [-0.15, -0.1) is 0 Å². The smallest absolute Gasteiger partial charge is 0.187 e. The number of piperidine rings is 1. The summed E-state index contributed by atoms with van der Waals surface area (Å²) in [5, 5.41) is 4.50. The van der Waals surface area contributed by atoms with Crippen molar-refractivity contribution in [1.82, 2.24) is 15.3 Å². The highest BCUT2D eigenvalue weighted by atomic mass is 32.2. The first-order chi connectivity index (χ1) is 8.24. The molecule has 1 saturated heterocycles. The summed E-state index contributed by atoms with van der Waals surface area (Å²) in [7, 11) is 0. The third kappa shape index (κ3) is 4.28. The van der Waals surface area contributed by atoms with Crippen LogP contribution in [0, 0.1) is 13.8 Å². The second kappa shape index (κ2) is 6.36. The molecule has 0 unspecified atom stereocenters. The van der Waals surface area contributed by atoms with Crippen LogP contribution in [-0.4, -0.2) is 28.3 Å². The van der Waals surface area contributed by atoms with Crippen molar-refractivity contribution in [3.63, 3.8) is 0 Å². The molecule has 3 nitrogen and oxygen atoms in total. The maximum absolute atomic E-state index is 4.45. The lowest BCUT2D eigenvalue weighted by atomic mass is 10.0. The molecular formula is C13H21N3S. The number of aromatic nitrogens is 2. The second-order valence-electron chi connectivity index (χ2n) is 4.72. The summed E-state index contributed by atoms with van der Waals surface area (Å²) in [6, 6.07) is 2.73. The quantitative estimate of drug-likeness (QED) is 0.659. The zero-order valence-electron chi connectivity index (χ0n) is 10.7. The number of hydrogen-bond acceptors (Lipinski definition) is 4. The van der Waals surface area contributed by atoms with Gasteiger partial charge in [0.15, 0.2) is 5.16 Å². The van der Waals surface area contributed by atoms with E-state index in [1.807, 2.05) is 19.9 Å². The molecule has 1 aliphatic rings. The van der Waals surface area contributed by atoms with E-state index in [1.54, 1.807) is 11.8 Å². The van der Waals surface area contributed by atoms with Gasteiger partial charge in [0, 0.05) is 23.2 Å². The summed E-state index contributed by atoms with van der Waals surface area (Å²) in [6.07, 6.45) is 5.27. The van der Waals surface area contributed by atoms with Crippen molar-refractivity contribution in [3.05, 3.63) is 17.5 Å². The number of aryl methyl sites for hydroxylation is 2. The Labute approximate surface area is 108 Å². The Morgan fingerprint density at radius 2 is 2.06 bits per heavy atom. The van der Waals surface area contributed by atoms with Gasteiger partial charge in [0.2, 0.25) is 0 Å². The number of nitrogens with one attached hydrogen (secondary N) is 1. The molecule has 0 spiro atoms. The molecule has 0 amide bonds. The summed E-state index contributed by atoms with van der Waals surface area (Å²) >= 11 is 1.78. The van der Waals surface area contributed by atoms with Crippen molar-refractivity contribution in [2.45, 2.75) is 50.7 Å². The SMILES string of the molecule is Cc1cc(C)nc(SCC[C@@H]2CCCCN2)n1. The average Bonchev–Trinajstić information content (AvgIpc) is 2.29. The number of hydrogen-bond donors (Lipinski definition) is 1. The molecule has 0 radical (unpaired) electrons. The van der Waals surface area contributed by atoms with Crippen molar-refractivity contribution in [3.8, 4) is 0 Å². The molecule has 1 atom stereocenters. The van der Waals surface area contributed by atoms with Crippen LogP contribution in [0.25, 0.3) is 0 Å². The molecule has 1 aromatic rings. The molecule has 0 aliphatic carbocycles. The normalized spacial score (nSPS) is 20.5. The molecule has 1 N–H and O–H groups in total. The van der Waals surface area contributed by atoms with Crippen LogP contribution in [0.2, 0.25) is 0 Å². The molecule has 0 aromatic carbocycles. The van der Waals surface area contributed by atoms with Gasteiger partial charge in [-0.1, -0.05) is 18.2 Å². The monoisotopic (exact) mass is 251 g/mol. The lowest BCUT2D eigenvalue weighted by Gasteiger charge is -2.22. The summed E-state index contributed by atoms with van der Waals surface area (Å²) in [5.41, 5.74) is 2.13. The molecule has 1 aliphatic heterocycles. The van der Waals surface area contributed by atoms with E-state index in [2.05, 4.69) is 15.3 Å². The summed E-state index contributed by atoms with van der Waals surface area (Å²) in [6.45, 7) is 5.25. The van der Waals surface area contributed by atoms with E-state index in [-0.39, 0.29) is 0 Å². The van der Waals surface area contributed by atoms with Gasteiger partial charge in [-0.05, 0) is 45.7 Å². The highest BCUT2D eigenvalue weighted by molar-refractivity contribution is 7.99. The van der Waals surface area contributed by atoms with Gasteiger partial charge in [-0.3, -0.25) is 0 Å². The molecule has 2 rings (SSSR count). The topological polar surface area (TPSA) is 37.8 Å². The van der Waals surface area contributed by atoms with E-state index in [9.17, 15) is 0 Å². The van der Waals surface area contributed by atoms with E-state index in [4.69, 9.17) is 0 Å². The lowest BCUT2D eigenvalue weighted by Crippen LogP contribution is -2.34. The predicted molar refractivity (Wildman–Crippen MR) is 72.5 cm³/mol. The van der Waals surface area contributed by atoms with Crippen LogP contribution < -0.4 is 5.32 Å². The van der Waals surface area contributed by atoms with Gasteiger partial charge >= 0.3 is 0 Å². The predicted octanol–water partition coefficient (Wildman–Crippen LogP) is 2.72. The number of rotatable bonds is 4. The third-order valence-electron chi connectivity index (χ3n) is 3.07. The van der Waals surface area contributed by atoms with Crippen LogP contribution in [-0.2, 0) is 0 Å². The standard InChI is InChI=1S/C13H21N3S/c1-10-9-11(2)16-13(15-10)17-8-6-12-5-3-4-7-14-12/h9,12,14H,3-8H2,1-2H3/t12-/m0/s1. The lowest BCUT2D eigenvalue weighted by molar-refractivity contribution is 0.394. The molecule has 1 aromatic heterocycles. The minimum atomic E-state index is 0.710.